The summed E-state index contributed by atoms with van der Waals surface area (Å²) < 4.78 is 18.9. The molecule has 0 bridgehead atoms. The van der Waals surface area contributed by atoms with Gasteiger partial charge < -0.3 is 9.52 Å². The highest BCUT2D eigenvalue weighted by Gasteiger charge is 2.15. The van der Waals surface area contributed by atoms with Crippen LogP contribution < -0.4 is 0 Å². The topological polar surface area (TPSA) is 46.3 Å². The van der Waals surface area contributed by atoms with E-state index in [1.807, 2.05) is 0 Å². The fourth-order valence-corrected chi connectivity index (χ4v) is 2.41. The quantitative estimate of drug-likeness (QED) is 0.911. The molecule has 0 fully saturated rings. The smallest absolute Gasteiger partial charge is 0.260 e. The van der Waals surface area contributed by atoms with Crippen LogP contribution in [0.2, 0.25) is 0 Å². The van der Waals surface area contributed by atoms with Gasteiger partial charge in [0, 0.05) is 0 Å². The molecule has 1 aromatic carbocycles. The third kappa shape index (κ3) is 2.68. The summed E-state index contributed by atoms with van der Waals surface area (Å²) in [5, 5.41) is 9.95. The summed E-state index contributed by atoms with van der Waals surface area (Å²) in [5.74, 6) is -0.385. The minimum Gasteiger partial charge on any atom is -0.439 e. The molecule has 0 aliphatic heterocycles. The second-order valence-electron chi connectivity index (χ2n) is 3.69. The molecule has 90 valence electrons. The number of aryl methyl sites for hydroxylation is 1. The number of nitrogens with zero attached hydrogens (tertiary/aromatic N) is 1. The Kier molecular flexibility index (Phi) is 3.49. The maximum atomic E-state index is 13.7. The van der Waals surface area contributed by atoms with Gasteiger partial charge in [-0.2, -0.15) is 0 Å². The predicted molar refractivity (Wildman–Crippen MR) is 62.4 cm³/mol. The number of aliphatic hydroxyl groups is 1. The molecule has 0 saturated heterocycles. The van der Waals surface area contributed by atoms with Crippen molar-refractivity contribution in [3.8, 4) is 0 Å². The summed E-state index contributed by atoms with van der Waals surface area (Å²) in [4.78, 5) is 4.45. The lowest BCUT2D eigenvalue weighted by molar-refractivity contribution is 0.195. The van der Waals surface area contributed by atoms with E-state index >= 15 is 0 Å². The molecule has 0 aliphatic carbocycles. The van der Waals surface area contributed by atoms with Gasteiger partial charge in [0.15, 0.2) is 0 Å². The third-order valence-corrected chi connectivity index (χ3v) is 3.23. The normalized spacial score (nSPS) is 12.7. The van der Waals surface area contributed by atoms with Crippen molar-refractivity contribution in [3.05, 3.63) is 41.5 Å². The molecular weight excluding hydrogens is 241 g/mol. The molecule has 1 atom stereocenters. The van der Waals surface area contributed by atoms with Crippen molar-refractivity contribution in [2.75, 3.05) is 0 Å². The zero-order valence-corrected chi connectivity index (χ0v) is 10.3. The maximum absolute atomic E-state index is 13.7. The average Bonchev–Trinajstić information content (AvgIpc) is 2.67. The van der Waals surface area contributed by atoms with Crippen molar-refractivity contribution in [2.45, 2.75) is 30.1 Å². The summed E-state index contributed by atoms with van der Waals surface area (Å²) in [6.07, 6.45) is 0.773. The fourth-order valence-electron chi connectivity index (χ4n) is 1.43. The number of aromatic nitrogens is 1. The molecule has 3 nitrogen and oxygen atoms in total. The highest BCUT2D eigenvalue weighted by Crippen LogP contribution is 2.34. The van der Waals surface area contributed by atoms with E-state index in [2.05, 4.69) is 4.98 Å². The third-order valence-electron chi connectivity index (χ3n) is 2.23. The molecule has 5 heteroatoms. The van der Waals surface area contributed by atoms with E-state index in [-0.39, 0.29) is 5.82 Å². The van der Waals surface area contributed by atoms with Crippen molar-refractivity contribution >= 4 is 11.8 Å². The molecule has 0 saturated carbocycles. The molecular formula is C12H12FNO2S. The Hall–Kier alpha value is -1.33. The van der Waals surface area contributed by atoms with Gasteiger partial charge in [-0.25, -0.2) is 9.37 Å². The molecule has 17 heavy (non-hydrogen) atoms. The number of benzene rings is 1. The van der Waals surface area contributed by atoms with Gasteiger partial charge in [0.2, 0.25) is 0 Å². The number of rotatable bonds is 3. The Balaban J connectivity index is 2.37. The monoisotopic (exact) mass is 253 g/mol. The molecule has 0 amide bonds. The van der Waals surface area contributed by atoms with Crippen LogP contribution >= 0.6 is 11.8 Å². The Bertz CT molecular complexity index is 525. The van der Waals surface area contributed by atoms with Gasteiger partial charge in [-0.1, -0.05) is 12.1 Å². The highest BCUT2D eigenvalue weighted by atomic mass is 32.2. The van der Waals surface area contributed by atoms with Crippen LogP contribution in [0.5, 0.6) is 0 Å². The summed E-state index contributed by atoms with van der Waals surface area (Å²) in [6, 6.07) is 4.61. The van der Waals surface area contributed by atoms with Crippen molar-refractivity contribution in [2.24, 2.45) is 0 Å². The summed E-state index contributed by atoms with van der Waals surface area (Å²) in [5.41, 5.74) is 1.27. The first-order valence-electron chi connectivity index (χ1n) is 5.14. The molecule has 2 aromatic rings. The zero-order valence-electron chi connectivity index (χ0n) is 9.48. The number of halogens is 1. The van der Waals surface area contributed by atoms with E-state index in [0.29, 0.717) is 15.7 Å². The molecule has 1 aromatic heterocycles. The number of oxazole rings is 1. The second kappa shape index (κ2) is 4.89. The molecule has 1 heterocycles. The van der Waals surface area contributed by atoms with Gasteiger partial charge in [-0.05, 0) is 37.2 Å². The first-order chi connectivity index (χ1) is 8.08. The lowest BCUT2D eigenvalue weighted by Crippen LogP contribution is -1.96. The number of aliphatic hydroxyl groups excluding tert-OH is 1. The number of hydrogen-bond donors (Lipinski definition) is 1. The Morgan fingerprint density at radius 1 is 1.47 bits per heavy atom. The van der Waals surface area contributed by atoms with E-state index in [1.54, 1.807) is 26.0 Å². The van der Waals surface area contributed by atoms with E-state index in [4.69, 9.17) is 4.42 Å². The van der Waals surface area contributed by atoms with Crippen LogP contribution in [0.1, 0.15) is 24.3 Å². The Morgan fingerprint density at radius 3 is 2.82 bits per heavy atom. The van der Waals surface area contributed by atoms with Gasteiger partial charge >= 0.3 is 0 Å². The minimum absolute atomic E-state index is 0.351. The first kappa shape index (κ1) is 12.1. The molecule has 0 radical (unpaired) electrons. The van der Waals surface area contributed by atoms with Crippen LogP contribution in [-0.4, -0.2) is 10.1 Å². The summed E-state index contributed by atoms with van der Waals surface area (Å²) >= 11 is 1.08. The molecule has 0 aliphatic rings. The largest absolute Gasteiger partial charge is 0.439 e. The predicted octanol–water partition coefficient (Wildman–Crippen LogP) is 3.33. The molecule has 1 N–H and O–H groups in total. The van der Waals surface area contributed by atoms with Crippen LogP contribution in [0, 0.1) is 12.7 Å². The standard InChI is InChI=1S/C12H12FNO2S/c1-7-6-16-12(14-7)17-11-9(8(2)15)4-3-5-10(11)13/h3-6,8,15H,1-2H3. The van der Waals surface area contributed by atoms with E-state index in [9.17, 15) is 9.50 Å². The fraction of sp³-hybridized carbons (Fsp3) is 0.250. The second-order valence-corrected chi connectivity index (χ2v) is 4.65. The van der Waals surface area contributed by atoms with Crippen LogP contribution in [-0.2, 0) is 0 Å². The van der Waals surface area contributed by atoms with Crippen molar-refractivity contribution in [1.82, 2.24) is 4.98 Å². The van der Waals surface area contributed by atoms with Gasteiger partial charge in [0.1, 0.15) is 12.1 Å². The van der Waals surface area contributed by atoms with Gasteiger partial charge in [-0.3, -0.25) is 0 Å². The summed E-state index contributed by atoms with van der Waals surface area (Å²) in [7, 11) is 0. The molecule has 0 spiro atoms. The van der Waals surface area contributed by atoms with Gasteiger partial charge in [0.25, 0.3) is 5.22 Å². The highest BCUT2D eigenvalue weighted by molar-refractivity contribution is 7.99. The summed E-state index contributed by atoms with van der Waals surface area (Å²) in [6.45, 7) is 3.39. The van der Waals surface area contributed by atoms with Crippen LogP contribution in [0.15, 0.2) is 39.0 Å². The van der Waals surface area contributed by atoms with Crippen LogP contribution in [0.3, 0.4) is 0 Å². The lowest BCUT2D eigenvalue weighted by Gasteiger charge is -2.10. The van der Waals surface area contributed by atoms with Gasteiger partial charge in [-0.15, -0.1) is 0 Å². The molecule has 2 rings (SSSR count). The average molecular weight is 253 g/mol. The van der Waals surface area contributed by atoms with Crippen LogP contribution in [0.25, 0.3) is 0 Å². The Labute approximate surface area is 103 Å². The minimum atomic E-state index is -0.732. The number of hydrogen-bond acceptors (Lipinski definition) is 4. The van der Waals surface area contributed by atoms with E-state index in [0.717, 1.165) is 17.5 Å². The van der Waals surface area contributed by atoms with Crippen LogP contribution in [0.4, 0.5) is 4.39 Å². The van der Waals surface area contributed by atoms with Crippen molar-refractivity contribution in [3.63, 3.8) is 0 Å². The van der Waals surface area contributed by atoms with Crippen molar-refractivity contribution in [1.29, 1.82) is 0 Å². The van der Waals surface area contributed by atoms with E-state index in [1.165, 1.54) is 12.3 Å². The Morgan fingerprint density at radius 2 is 2.24 bits per heavy atom. The zero-order chi connectivity index (χ0) is 12.4. The van der Waals surface area contributed by atoms with Crippen molar-refractivity contribution < 1.29 is 13.9 Å². The molecule has 1 unspecified atom stereocenters. The lowest BCUT2D eigenvalue weighted by atomic mass is 10.1. The SMILES string of the molecule is Cc1coc(Sc2c(F)cccc2C(C)O)n1. The van der Waals surface area contributed by atoms with Gasteiger partial charge in [0.05, 0.1) is 16.7 Å². The van der Waals surface area contributed by atoms with E-state index < -0.39 is 6.10 Å². The maximum Gasteiger partial charge on any atom is 0.260 e. The first-order valence-corrected chi connectivity index (χ1v) is 5.96.